The van der Waals surface area contributed by atoms with Crippen LogP contribution in [0.5, 0.6) is 0 Å². The molecule has 0 aromatic rings. The summed E-state index contributed by atoms with van der Waals surface area (Å²) >= 11 is 0. The number of likely N-dealkylation sites (tertiary alicyclic amines) is 2. The molecule has 3 fully saturated rings. The maximum atomic E-state index is 11.8. The molecule has 0 amide bonds. The van der Waals surface area contributed by atoms with Crippen LogP contribution in [0.2, 0.25) is 0 Å². The van der Waals surface area contributed by atoms with Crippen LogP contribution in [0.1, 0.15) is 46.0 Å². The third kappa shape index (κ3) is 3.11. The quantitative estimate of drug-likeness (QED) is 0.744. The fourth-order valence-electron chi connectivity index (χ4n) is 4.60. The van der Waals surface area contributed by atoms with E-state index in [0.717, 1.165) is 12.8 Å². The molecule has 1 saturated carbocycles. The fraction of sp³-hybridized carbons (Fsp3) is 0.941. The first-order valence-corrected chi connectivity index (χ1v) is 8.79. The van der Waals surface area contributed by atoms with Crippen molar-refractivity contribution in [2.75, 3.05) is 39.3 Å². The van der Waals surface area contributed by atoms with Crippen LogP contribution in [-0.4, -0.2) is 61.1 Å². The van der Waals surface area contributed by atoms with E-state index >= 15 is 0 Å². The third-order valence-corrected chi connectivity index (χ3v) is 5.87. The highest BCUT2D eigenvalue weighted by Gasteiger charge is 2.48. The Hall–Kier alpha value is -0.610. The first kappa shape index (κ1) is 15.3. The smallest absolute Gasteiger partial charge is 0.308 e. The van der Waals surface area contributed by atoms with E-state index in [-0.39, 0.29) is 11.9 Å². The van der Waals surface area contributed by atoms with Gasteiger partial charge in [-0.05, 0) is 52.1 Å². The zero-order chi connectivity index (χ0) is 14.9. The molecule has 0 atom stereocenters. The number of carbonyl (C=O) groups is 1. The van der Waals surface area contributed by atoms with Gasteiger partial charge in [0, 0.05) is 31.1 Å². The first-order chi connectivity index (χ1) is 10.2. The maximum absolute atomic E-state index is 11.8. The zero-order valence-electron chi connectivity index (χ0n) is 13.6. The van der Waals surface area contributed by atoms with Crippen LogP contribution in [0.15, 0.2) is 0 Å². The lowest BCUT2D eigenvalue weighted by Crippen LogP contribution is -2.57. The number of esters is 1. The van der Waals surface area contributed by atoms with Crippen molar-refractivity contribution in [1.29, 1.82) is 0 Å². The molecule has 0 aromatic carbocycles. The van der Waals surface area contributed by atoms with Gasteiger partial charge in [-0.2, -0.15) is 0 Å². The predicted octanol–water partition coefficient (Wildman–Crippen LogP) is 2.14. The Balaban J connectivity index is 1.45. The Morgan fingerprint density at radius 2 is 1.86 bits per heavy atom. The van der Waals surface area contributed by atoms with Gasteiger partial charge in [0.25, 0.3) is 0 Å². The van der Waals surface area contributed by atoms with Crippen molar-refractivity contribution in [2.24, 2.45) is 11.3 Å². The Kier molecular flexibility index (Phi) is 4.55. The van der Waals surface area contributed by atoms with E-state index in [2.05, 4.69) is 16.7 Å². The van der Waals surface area contributed by atoms with Crippen molar-refractivity contribution in [3.63, 3.8) is 0 Å². The van der Waals surface area contributed by atoms with E-state index in [1.807, 2.05) is 6.92 Å². The largest absolute Gasteiger partial charge is 0.466 e. The molecule has 21 heavy (non-hydrogen) atoms. The van der Waals surface area contributed by atoms with Crippen molar-refractivity contribution in [2.45, 2.75) is 52.0 Å². The molecule has 1 spiro atoms. The van der Waals surface area contributed by atoms with Gasteiger partial charge in [-0.15, -0.1) is 0 Å². The molecule has 3 rings (SSSR count). The molecule has 3 aliphatic rings. The van der Waals surface area contributed by atoms with Gasteiger partial charge in [0.15, 0.2) is 0 Å². The first-order valence-electron chi connectivity index (χ1n) is 8.79. The van der Waals surface area contributed by atoms with Crippen LogP contribution in [0, 0.1) is 11.3 Å². The minimum absolute atomic E-state index is 0.0337. The van der Waals surface area contributed by atoms with Crippen LogP contribution < -0.4 is 0 Å². The van der Waals surface area contributed by atoms with Crippen molar-refractivity contribution >= 4 is 5.97 Å². The van der Waals surface area contributed by atoms with Gasteiger partial charge in [-0.25, -0.2) is 0 Å². The molecule has 120 valence electrons. The van der Waals surface area contributed by atoms with Gasteiger partial charge in [-0.3, -0.25) is 9.69 Å². The zero-order valence-corrected chi connectivity index (χ0v) is 13.6. The second-order valence-corrected chi connectivity index (χ2v) is 7.28. The van der Waals surface area contributed by atoms with E-state index in [4.69, 9.17) is 4.74 Å². The normalized spacial score (nSPS) is 33.0. The van der Waals surface area contributed by atoms with Crippen molar-refractivity contribution < 1.29 is 9.53 Å². The summed E-state index contributed by atoms with van der Waals surface area (Å²) in [4.78, 5) is 17.1. The van der Waals surface area contributed by atoms with E-state index in [1.54, 1.807) is 0 Å². The summed E-state index contributed by atoms with van der Waals surface area (Å²) in [6, 6.07) is 0.714. The number of nitrogens with zero attached hydrogens (tertiary/aromatic N) is 2. The van der Waals surface area contributed by atoms with Gasteiger partial charge >= 0.3 is 5.97 Å². The standard InChI is InChI=1S/C17H30N2O2/c1-3-18-11-17(12-18)9-10-19(13-17)15-7-5-14(6-8-15)16(20)21-4-2/h14-15H,3-13H2,1-2H3. The number of carbonyl (C=O) groups excluding carboxylic acids is 1. The molecule has 0 radical (unpaired) electrons. The summed E-state index contributed by atoms with van der Waals surface area (Å²) in [6.07, 6.45) is 5.78. The lowest BCUT2D eigenvalue weighted by molar-refractivity contribution is -0.149. The van der Waals surface area contributed by atoms with Crippen molar-refractivity contribution in [1.82, 2.24) is 9.80 Å². The summed E-state index contributed by atoms with van der Waals surface area (Å²) in [7, 11) is 0. The highest BCUT2D eigenvalue weighted by atomic mass is 16.5. The summed E-state index contributed by atoms with van der Waals surface area (Å²) in [5.74, 6) is 0.198. The van der Waals surface area contributed by atoms with Gasteiger partial charge in [0.2, 0.25) is 0 Å². The van der Waals surface area contributed by atoms with Crippen LogP contribution in [0.25, 0.3) is 0 Å². The molecule has 0 unspecified atom stereocenters. The molecule has 2 aliphatic heterocycles. The fourth-order valence-corrected chi connectivity index (χ4v) is 4.60. The van der Waals surface area contributed by atoms with E-state index in [0.29, 0.717) is 18.1 Å². The lowest BCUT2D eigenvalue weighted by Gasteiger charge is -2.48. The molecule has 2 saturated heterocycles. The highest BCUT2D eigenvalue weighted by Crippen LogP contribution is 2.42. The second kappa shape index (κ2) is 6.25. The summed E-state index contributed by atoms with van der Waals surface area (Å²) in [5, 5.41) is 0. The average Bonchev–Trinajstić information content (AvgIpc) is 2.91. The SMILES string of the molecule is CCOC(=O)C1CCC(N2CCC3(CN(CC)C3)C2)CC1. The van der Waals surface area contributed by atoms with E-state index < -0.39 is 0 Å². The molecule has 0 N–H and O–H groups in total. The lowest BCUT2D eigenvalue weighted by atomic mass is 9.79. The van der Waals surface area contributed by atoms with Gasteiger partial charge in [0.1, 0.15) is 0 Å². The number of hydrogen-bond donors (Lipinski definition) is 0. The molecule has 4 heteroatoms. The monoisotopic (exact) mass is 294 g/mol. The minimum Gasteiger partial charge on any atom is -0.466 e. The summed E-state index contributed by atoms with van der Waals surface area (Å²) in [6.45, 7) is 11.0. The summed E-state index contributed by atoms with van der Waals surface area (Å²) in [5.41, 5.74) is 0.605. The van der Waals surface area contributed by atoms with Gasteiger partial charge in [0.05, 0.1) is 12.5 Å². The molecule has 1 aliphatic carbocycles. The third-order valence-electron chi connectivity index (χ3n) is 5.87. The van der Waals surface area contributed by atoms with Crippen molar-refractivity contribution in [3.05, 3.63) is 0 Å². The molecular formula is C17H30N2O2. The predicted molar refractivity (Wildman–Crippen MR) is 83.1 cm³/mol. The summed E-state index contributed by atoms with van der Waals surface area (Å²) < 4.78 is 5.17. The van der Waals surface area contributed by atoms with Crippen LogP contribution >= 0.6 is 0 Å². The van der Waals surface area contributed by atoms with Crippen LogP contribution in [0.3, 0.4) is 0 Å². The Labute approximate surface area is 128 Å². The molecule has 0 aromatic heterocycles. The number of rotatable bonds is 4. The maximum Gasteiger partial charge on any atom is 0.308 e. The van der Waals surface area contributed by atoms with E-state index in [1.165, 1.54) is 52.0 Å². The minimum atomic E-state index is 0.0337. The van der Waals surface area contributed by atoms with Crippen LogP contribution in [0.4, 0.5) is 0 Å². The molecule has 2 heterocycles. The molecule has 4 nitrogen and oxygen atoms in total. The Morgan fingerprint density at radius 1 is 1.14 bits per heavy atom. The second-order valence-electron chi connectivity index (χ2n) is 7.28. The molecular weight excluding hydrogens is 264 g/mol. The van der Waals surface area contributed by atoms with Gasteiger partial charge in [-0.1, -0.05) is 6.92 Å². The van der Waals surface area contributed by atoms with Crippen molar-refractivity contribution in [3.8, 4) is 0 Å². The van der Waals surface area contributed by atoms with Gasteiger partial charge < -0.3 is 9.64 Å². The number of ether oxygens (including phenoxy) is 1. The number of hydrogen-bond acceptors (Lipinski definition) is 4. The average molecular weight is 294 g/mol. The Morgan fingerprint density at radius 3 is 2.48 bits per heavy atom. The van der Waals surface area contributed by atoms with Crippen LogP contribution in [-0.2, 0) is 9.53 Å². The molecule has 0 bridgehead atoms. The Bertz CT molecular complexity index is 371. The van der Waals surface area contributed by atoms with E-state index in [9.17, 15) is 4.79 Å². The highest BCUT2D eigenvalue weighted by molar-refractivity contribution is 5.72. The topological polar surface area (TPSA) is 32.8 Å².